The summed E-state index contributed by atoms with van der Waals surface area (Å²) in [6, 6.07) is 0. The van der Waals surface area contributed by atoms with E-state index in [0.717, 1.165) is 44.9 Å². The highest BCUT2D eigenvalue weighted by atomic mass is 16.7. The number of likely N-dealkylation sites (N-methyl/N-ethyl adjacent to an activating group) is 1. The Morgan fingerprint density at radius 1 is 0.390 bits per heavy atom. The largest absolute Gasteiger partial charge is 0.545 e. The number of nitrogens with zero attached hydrogens (tertiary/aromatic N) is 1. The Kier molecular flexibility index (Phi) is 57.7. The van der Waals surface area contributed by atoms with Crippen LogP contribution >= 0.6 is 0 Å². The van der Waals surface area contributed by atoms with Crippen molar-refractivity contribution >= 4 is 17.9 Å². The molecule has 0 bridgehead atoms. The van der Waals surface area contributed by atoms with Gasteiger partial charge in [0.25, 0.3) is 0 Å². The number of esters is 2. The van der Waals surface area contributed by atoms with Crippen molar-refractivity contribution in [3.63, 3.8) is 0 Å². The average molecular weight is 1090 g/mol. The molecule has 0 fully saturated rings. The summed E-state index contributed by atoms with van der Waals surface area (Å²) >= 11 is 0. The lowest BCUT2D eigenvalue weighted by atomic mass is 10.0. The molecule has 0 heterocycles. The van der Waals surface area contributed by atoms with Crippen molar-refractivity contribution in [2.45, 2.75) is 334 Å². The Morgan fingerprint density at radius 2 is 0.701 bits per heavy atom. The predicted molar refractivity (Wildman–Crippen MR) is 325 cm³/mol. The number of hydrogen-bond donors (Lipinski definition) is 0. The van der Waals surface area contributed by atoms with Crippen molar-refractivity contribution < 1.29 is 42.9 Å². The Bertz CT molecular complexity index is 1360. The number of carboxylic acid groups (broad SMARTS) is 1. The molecule has 0 aliphatic rings. The third-order valence-electron chi connectivity index (χ3n) is 14.9. The van der Waals surface area contributed by atoms with Crippen molar-refractivity contribution in [2.75, 3.05) is 47.5 Å². The van der Waals surface area contributed by atoms with E-state index in [0.29, 0.717) is 23.9 Å². The second kappa shape index (κ2) is 59.6. The minimum absolute atomic E-state index is 0.150. The van der Waals surface area contributed by atoms with Gasteiger partial charge in [0.2, 0.25) is 0 Å². The molecular formula is C68H127NO8. The van der Waals surface area contributed by atoms with Gasteiger partial charge in [-0.05, 0) is 51.4 Å². The molecule has 0 aromatic carbocycles. The molecule has 9 nitrogen and oxygen atoms in total. The number of carboxylic acids is 1. The maximum Gasteiger partial charge on any atom is 0.306 e. The second-order valence-corrected chi connectivity index (χ2v) is 23.8. The van der Waals surface area contributed by atoms with Crippen LogP contribution in [0.4, 0.5) is 0 Å². The third-order valence-corrected chi connectivity index (χ3v) is 14.9. The van der Waals surface area contributed by atoms with Gasteiger partial charge in [-0.3, -0.25) is 9.59 Å². The first kappa shape index (κ1) is 74.5. The van der Waals surface area contributed by atoms with E-state index in [4.69, 9.17) is 18.9 Å². The summed E-state index contributed by atoms with van der Waals surface area (Å²) in [4.78, 5) is 37.4. The molecule has 9 heteroatoms. The topological polar surface area (TPSA) is 111 Å². The van der Waals surface area contributed by atoms with E-state index in [1.807, 2.05) is 21.1 Å². The normalized spacial score (nSPS) is 12.9. The van der Waals surface area contributed by atoms with E-state index < -0.39 is 24.3 Å². The van der Waals surface area contributed by atoms with Gasteiger partial charge in [0, 0.05) is 12.8 Å². The van der Waals surface area contributed by atoms with Gasteiger partial charge in [0.15, 0.2) is 12.4 Å². The van der Waals surface area contributed by atoms with E-state index in [9.17, 15) is 19.5 Å². The van der Waals surface area contributed by atoms with Gasteiger partial charge < -0.3 is 33.3 Å². The third kappa shape index (κ3) is 61.0. The van der Waals surface area contributed by atoms with Crippen LogP contribution < -0.4 is 5.11 Å². The zero-order valence-corrected chi connectivity index (χ0v) is 51.6. The van der Waals surface area contributed by atoms with Gasteiger partial charge in [-0.15, -0.1) is 0 Å². The van der Waals surface area contributed by atoms with Gasteiger partial charge in [-0.25, -0.2) is 0 Å². The molecule has 2 atom stereocenters. The summed E-state index contributed by atoms with van der Waals surface area (Å²) < 4.78 is 22.8. The molecule has 0 amide bonds. The first-order valence-corrected chi connectivity index (χ1v) is 33.1. The first-order chi connectivity index (χ1) is 37.6. The van der Waals surface area contributed by atoms with Crippen LogP contribution in [0.5, 0.6) is 0 Å². The Labute approximate surface area is 477 Å². The maximum atomic E-state index is 12.9. The maximum absolute atomic E-state index is 12.9. The number of carbonyl (C=O) groups is 3. The van der Waals surface area contributed by atoms with Crippen LogP contribution in [0.1, 0.15) is 322 Å². The van der Waals surface area contributed by atoms with Gasteiger partial charge in [-0.1, -0.05) is 294 Å². The molecule has 0 aromatic rings. The quantitative estimate of drug-likeness (QED) is 0.0195. The molecule has 0 saturated carbocycles. The number of aliphatic carboxylic acids is 1. The molecule has 2 unspecified atom stereocenters. The molecule has 0 rings (SSSR count). The number of quaternary nitrogens is 1. The highest BCUT2D eigenvalue weighted by Crippen LogP contribution is 2.18. The van der Waals surface area contributed by atoms with Gasteiger partial charge in [0.1, 0.15) is 13.2 Å². The number of rotatable bonds is 62. The van der Waals surface area contributed by atoms with E-state index in [2.05, 4.69) is 50.3 Å². The summed E-state index contributed by atoms with van der Waals surface area (Å²) in [5.41, 5.74) is 0. The minimum Gasteiger partial charge on any atom is -0.545 e. The zero-order valence-electron chi connectivity index (χ0n) is 51.6. The minimum atomic E-state index is -1.62. The Hall–Kier alpha value is -2.49. The number of allylic oxidation sites excluding steroid dienone is 6. The fraction of sp³-hybridized carbons (Fsp3) is 0.868. The molecule has 0 aliphatic heterocycles. The summed E-state index contributed by atoms with van der Waals surface area (Å²) in [7, 11) is 5.94. The number of ether oxygens (including phenoxy) is 4. The molecule has 77 heavy (non-hydrogen) atoms. The van der Waals surface area contributed by atoms with Crippen molar-refractivity contribution in [1.29, 1.82) is 0 Å². The molecule has 0 spiro atoms. The van der Waals surface area contributed by atoms with Crippen molar-refractivity contribution in [2.24, 2.45) is 0 Å². The Balaban J connectivity index is 4.12. The van der Waals surface area contributed by atoms with Gasteiger partial charge in [-0.2, -0.15) is 0 Å². The van der Waals surface area contributed by atoms with E-state index in [-0.39, 0.29) is 32.2 Å². The van der Waals surface area contributed by atoms with Crippen molar-refractivity contribution in [3.8, 4) is 0 Å². The lowest BCUT2D eigenvalue weighted by Crippen LogP contribution is -2.44. The monoisotopic (exact) mass is 1090 g/mol. The molecule has 0 saturated heterocycles. The molecule has 0 radical (unpaired) electrons. The van der Waals surface area contributed by atoms with Gasteiger partial charge >= 0.3 is 11.9 Å². The van der Waals surface area contributed by atoms with Crippen LogP contribution in [0, 0.1) is 0 Å². The summed E-state index contributed by atoms with van der Waals surface area (Å²) in [6.07, 6.45) is 70.7. The summed E-state index contributed by atoms with van der Waals surface area (Å²) in [5.74, 6) is -2.26. The van der Waals surface area contributed by atoms with Crippen LogP contribution in [0.2, 0.25) is 0 Å². The fourth-order valence-electron chi connectivity index (χ4n) is 9.78. The van der Waals surface area contributed by atoms with Crippen LogP contribution in [0.3, 0.4) is 0 Å². The molecule has 0 N–H and O–H groups in total. The van der Waals surface area contributed by atoms with Crippen LogP contribution in [-0.4, -0.2) is 82.3 Å². The van der Waals surface area contributed by atoms with Crippen LogP contribution in [-0.2, 0) is 33.3 Å². The predicted octanol–water partition coefficient (Wildman–Crippen LogP) is 18.7. The van der Waals surface area contributed by atoms with Crippen molar-refractivity contribution in [3.05, 3.63) is 36.5 Å². The smallest absolute Gasteiger partial charge is 0.306 e. The number of unbranched alkanes of at least 4 members (excludes halogenated alkanes) is 41. The lowest BCUT2D eigenvalue weighted by molar-refractivity contribution is -0.870. The standard InChI is InChI=1S/C68H127NO8/c1-6-8-10-12-14-16-18-20-22-24-26-28-30-31-32-33-34-35-37-39-41-43-45-47-49-51-53-55-57-59-66(71)77-64(63-76-68(67(72)73)74-61-60-69(3,4)5)62-75-65(70)58-56-54-52-50-48-46-44-42-40-38-36-29-27-25-23-21-19-17-15-13-11-9-7-2/h18,20,24,26,30-31,64,68H,6-17,19,21-23,25,27-29,32-63H2,1-5H3/b20-18-,26-24-,31-30-. The fourth-order valence-corrected chi connectivity index (χ4v) is 9.78. The average Bonchev–Trinajstić information content (AvgIpc) is 3.40. The molecular weight excluding hydrogens is 959 g/mol. The number of carbonyl (C=O) groups excluding carboxylic acids is 3. The van der Waals surface area contributed by atoms with Crippen molar-refractivity contribution in [1.82, 2.24) is 0 Å². The zero-order chi connectivity index (χ0) is 56.2. The van der Waals surface area contributed by atoms with E-state index >= 15 is 0 Å². The Morgan fingerprint density at radius 3 is 1.04 bits per heavy atom. The summed E-state index contributed by atoms with van der Waals surface area (Å²) in [5, 5.41) is 11.8. The van der Waals surface area contributed by atoms with E-state index in [1.54, 1.807) is 0 Å². The molecule has 452 valence electrons. The first-order valence-electron chi connectivity index (χ1n) is 33.1. The lowest BCUT2D eigenvalue weighted by Gasteiger charge is -2.26. The molecule has 0 aliphatic carbocycles. The molecule has 0 aromatic heterocycles. The highest BCUT2D eigenvalue weighted by molar-refractivity contribution is 5.70. The summed E-state index contributed by atoms with van der Waals surface area (Å²) in [6.45, 7) is 4.80. The van der Waals surface area contributed by atoms with E-state index in [1.165, 1.54) is 244 Å². The van der Waals surface area contributed by atoms with Crippen LogP contribution in [0.15, 0.2) is 36.5 Å². The van der Waals surface area contributed by atoms with Crippen LogP contribution in [0.25, 0.3) is 0 Å². The highest BCUT2D eigenvalue weighted by Gasteiger charge is 2.22. The van der Waals surface area contributed by atoms with Gasteiger partial charge in [0.05, 0.1) is 40.3 Å². The number of hydrogen-bond acceptors (Lipinski definition) is 8. The SMILES string of the molecule is CCCCCCC/C=C\C/C=C\C/C=C\CCCCCCCCCCCCCCCCC(=O)OC(COC(=O)CCCCCCCCCCCCCCCCCCCCCCCCC)COC(OCC[N+](C)(C)C)C(=O)[O-]. The second-order valence-electron chi connectivity index (χ2n) is 23.8.